The smallest absolute Gasteiger partial charge is 0.321 e. The van der Waals surface area contributed by atoms with E-state index >= 15 is 0 Å². The van der Waals surface area contributed by atoms with Crippen LogP contribution >= 0.6 is 46.4 Å². The van der Waals surface area contributed by atoms with Gasteiger partial charge in [0.1, 0.15) is 0 Å². The van der Waals surface area contributed by atoms with Gasteiger partial charge in [0.15, 0.2) is 0 Å². The molecule has 0 unspecified atom stereocenters. The molecule has 0 aliphatic rings. The molecule has 10 heteroatoms. The standard InChI is InChI=1S/C17H24Cl4N4O2/c1-13-2-3-14(22-16(26)24(8-4-18)9-5-19)12-15(13)23-17(27)25(10-6-20)11-7-21/h2-3,12H,4-11H2,1H3,(H,22,26)(H,23,27). The molecule has 1 aromatic carbocycles. The van der Waals surface area contributed by atoms with Crippen LogP contribution in [0.1, 0.15) is 5.56 Å². The second-order valence-electron chi connectivity index (χ2n) is 5.62. The van der Waals surface area contributed by atoms with Gasteiger partial charge >= 0.3 is 12.1 Å². The Balaban J connectivity index is 2.86. The van der Waals surface area contributed by atoms with Gasteiger partial charge < -0.3 is 20.4 Å². The number of hydrogen-bond donors (Lipinski definition) is 2. The predicted octanol–water partition coefficient (Wildman–Crippen LogP) is 4.62. The molecule has 0 aliphatic carbocycles. The first-order chi connectivity index (χ1) is 13.0. The molecule has 0 radical (unpaired) electrons. The first-order valence-electron chi connectivity index (χ1n) is 8.43. The molecule has 0 heterocycles. The fourth-order valence-corrected chi connectivity index (χ4v) is 3.09. The molecule has 27 heavy (non-hydrogen) atoms. The Morgan fingerprint density at radius 2 is 1.26 bits per heavy atom. The van der Waals surface area contributed by atoms with Crippen molar-refractivity contribution >= 4 is 69.8 Å². The van der Waals surface area contributed by atoms with Gasteiger partial charge in [0.2, 0.25) is 0 Å². The van der Waals surface area contributed by atoms with E-state index in [1.165, 1.54) is 9.80 Å². The quantitative estimate of drug-likeness (QED) is 0.503. The molecule has 0 saturated heterocycles. The topological polar surface area (TPSA) is 64.7 Å². The maximum atomic E-state index is 12.4. The Bertz CT molecular complexity index is 607. The summed E-state index contributed by atoms with van der Waals surface area (Å²) in [5, 5.41) is 5.63. The minimum atomic E-state index is -0.302. The molecule has 0 saturated carbocycles. The lowest BCUT2D eigenvalue weighted by atomic mass is 10.2. The predicted molar refractivity (Wildman–Crippen MR) is 115 cm³/mol. The van der Waals surface area contributed by atoms with Gasteiger partial charge in [-0.05, 0) is 24.6 Å². The van der Waals surface area contributed by atoms with Crippen molar-refractivity contribution < 1.29 is 9.59 Å². The summed E-state index contributed by atoms with van der Waals surface area (Å²) >= 11 is 22.9. The van der Waals surface area contributed by atoms with Gasteiger partial charge in [-0.2, -0.15) is 0 Å². The maximum absolute atomic E-state index is 12.4. The molecule has 0 aromatic heterocycles. The lowest BCUT2D eigenvalue weighted by molar-refractivity contribution is 0.217. The number of rotatable bonds is 10. The van der Waals surface area contributed by atoms with E-state index in [0.717, 1.165) is 5.56 Å². The molecule has 0 fully saturated rings. The van der Waals surface area contributed by atoms with Crippen molar-refractivity contribution in [2.24, 2.45) is 0 Å². The number of hydrogen-bond acceptors (Lipinski definition) is 2. The van der Waals surface area contributed by atoms with Crippen molar-refractivity contribution in [3.63, 3.8) is 0 Å². The summed E-state index contributed by atoms with van der Waals surface area (Å²) in [5.41, 5.74) is 2.00. The summed E-state index contributed by atoms with van der Waals surface area (Å²) in [6.45, 7) is 3.42. The highest BCUT2D eigenvalue weighted by Crippen LogP contribution is 2.21. The van der Waals surface area contributed by atoms with E-state index in [2.05, 4.69) is 10.6 Å². The minimum Gasteiger partial charge on any atom is -0.322 e. The van der Waals surface area contributed by atoms with Crippen LogP contribution in [0.3, 0.4) is 0 Å². The van der Waals surface area contributed by atoms with Crippen LogP contribution in [0, 0.1) is 6.92 Å². The zero-order chi connectivity index (χ0) is 20.2. The number of benzene rings is 1. The van der Waals surface area contributed by atoms with Gasteiger partial charge in [-0.3, -0.25) is 0 Å². The fraction of sp³-hybridized carbons (Fsp3) is 0.529. The van der Waals surface area contributed by atoms with E-state index in [0.29, 0.717) is 61.1 Å². The summed E-state index contributed by atoms with van der Waals surface area (Å²) < 4.78 is 0. The van der Waals surface area contributed by atoms with Crippen molar-refractivity contribution in [3.05, 3.63) is 23.8 Å². The summed E-state index contributed by atoms with van der Waals surface area (Å²) in [6.07, 6.45) is 0. The number of anilines is 2. The largest absolute Gasteiger partial charge is 0.322 e. The van der Waals surface area contributed by atoms with Crippen LogP contribution in [0.15, 0.2) is 18.2 Å². The van der Waals surface area contributed by atoms with E-state index in [9.17, 15) is 9.59 Å². The van der Waals surface area contributed by atoms with Crippen molar-refractivity contribution in [1.29, 1.82) is 0 Å². The average Bonchev–Trinajstić information content (AvgIpc) is 2.64. The Kier molecular flexibility index (Phi) is 11.7. The molecule has 2 N–H and O–H groups in total. The van der Waals surface area contributed by atoms with Crippen molar-refractivity contribution in [3.8, 4) is 0 Å². The maximum Gasteiger partial charge on any atom is 0.321 e. The molecular weight excluding hydrogens is 434 g/mol. The van der Waals surface area contributed by atoms with Crippen molar-refractivity contribution in [2.75, 3.05) is 60.3 Å². The van der Waals surface area contributed by atoms with Gasteiger partial charge in [-0.15, -0.1) is 46.4 Å². The second-order valence-corrected chi connectivity index (χ2v) is 7.13. The summed E-state index contributed by atoms with van der Waals surface area (Å²) in [4.78, 5) is 27.9. The zero-order valence-corrected chi connectivity index (χ0v) is 18.1. The van der Waals surface area contributed by atoms with E-state index in [1.54, 1.807) is 12.1 Å². The third kappa shape index (κ3) is 8.21. The van der Waals surface area contributed by atoms with Crippen molar-refractivity contribution in [2.45, 2.75) is 6.92 Å². The second kappa shape index (κ2) is 13.2. The molecule has 0 aliphatic heterocycles. The van der Waals surface area contributed by atoms with Gasteiger partial charge in [-0.1, -0.05) is 6.07 Å². The van der Waals surface area contributed by atoms with E-state index in [-0.39, 0.29) is 12.1 Å². The van der Waals surface area contributed by atoms with Crippen LogP contribution < -0.4 is 10.6 Å². The Morgan fingerprint density at radius 1 is 0.815 bits per heavy atom. The molecule has 6 nitrogen and oxygen atoms in total. The fourth-order valence-electron chi connectivity index (χ4n) is 2.27. The molecular formula is C17H24Cl4N4O2. The van der Waals surface area contributed by atoms with Gasteiger partial charge in [0, 0.05) is 61.1 Å². The minimum absolute atomic E-state index is 0.297. The summed E-state index contributed by atoms with van der Waals surface area (Å²) in [7, 11) is 0. The highest BCUT2D eigenvalue weighted by Gasteiger charge is 2.16. The van der Waals surface area contributed by atoms with Crippen LogP contribution in [0.5, 0.6) is 0 Å². The highest BCUT2D eigenvalue weighted by atomic mass is 35.5. The molecule has 1 rings (SSSR count). The number of aryl methyl sites for hydroxylation is 1. The number of carbonyl (C=O) groups is 2. The van der Waals surface area contributed by atoms with E-state index in [1.807, 2.05) is 13.0 Å². The average molecular weight is 458 g/mol. The number of carbonyl (C=O) groups excluding carboxylic acids is 2. The molecule has 152 valence electrons. The number of alkyl halides is 4. The van der Waals surface area contributed by atoms with Crippen molar-refractivity contribution in [1.82, 2.24) is 9.80 Å². The number of halogens is 4. The normalized spacial score (nSPS) is 10.4. The lowest BCUT2D eigenvalue weighted by Crippen LogP contribution is -2.38. The Morgan fingerprint density at radius 3 is 1.70 bits per heavy atom. The third-order valence-electron chi connectivity index (χ3n) is 3.72. The van der Waals surface area contributed by atoms with Gasteiger partial charge in [-0.25, -0.2) is 9.59 Å². The number of nitrogens with zero attached hydrogens (tertiary/aromatic N) is 2. The first-order valence-corrected chi connectivity index (χ1v) is 10.6. The first kappa shape index (κ1) is 24.0. The third-order valence-corrected chi connectivity index (χ3v) is 4.40. The number of urea groups is 2. The zero-order valence-electron chi connectivity index (χ0n) is 15.1. The Hall–Kier alpha value is -1.08. The number of nitrogens with one attached hydrogen (secondary N) is 2. The lowest BCUT2D eigenvalue weighted by Gasteiger charge is -2.23. The summed E-state index contributed by atoms with van der Waals surface area (Å²) in [5.74, 6) is 1.26. The SMILES string of the molecule is Cc1ccc(NC(=O)N(CCCl)CCCl)cc1NC(=O)N(CCCl)CCCl. The van der Waals surface area contributed by atoms with Crippen LogP contribution in [-0.2, 0) is 0 Å². The summed E-state index contributed by atoms with van der Waals surface area (Å²) in [6, 6.07) is 4.67. The molecule has 4 amide bonds. The molecule has 0 atom stereocenters. The molecule has 0 spiro atoms. The Labute approximate surface area is 180 Å². The van der Waals surface area contributed by atoms with Crippen LogP contribution in [-0.4, -0.2) is 71.6 Å². The highest BCUT2D eigenvalue weighted by molar-refractivity contribution is 6.19. The number of amides is 4. The van der Waals surface area contributed by atoms with E-state index in [4.69, 9.17) is 46.4 Å². The van der Waals surface area contributed by atoms with Gasteiger partial charge in [0.05, 0.1) is 0 Å². The van der Waals surface area contributed by atoms with Crippen LogP contribution in [0.25, 0.3) is 0 Å². The molecule has 0 bridgehead atoms. The van der Waals surface area contributed by atoms with E-state index < -0.39 is 0 Å². The monoisotopic (exact) mass is 456 g/mol. The van der Waals surface area contributed by atoms with Crippen LogP contribution in [0.4, 0.5) is 21.0 Å². The van der Waals surface area contributed by atoms with Crippen LogP contribution in [0.2, 0.25) is 0 Å². The molecule has 1 aromatic rings. The van der Waals surface area contributed by atoms with Gasteiger partial charge in [0.25, 0.3) is 0 Å².